The zero-order valence-electron chi connectivity index (χ0n) is 10.5. The molecule has 0 saturated heterocycles. The van der Waals surface area contributed by atoms with Crippen molar-refractivity contribution in [2.75, 3.05) is 14.2 Å². The van der Waals surface area contributed by atoms with Gasteiger partial charge in [0.1, 0.15) is 17.3 Å². The SMILES string of the molecule is COc1ccc(C(=O)CC(C)=O)c(OC)c1C. The molecule has 17 heavy (non-hydrogen) atoms. The Bertz CT molecular complexity index is 449. The lowest BCUT2D eigenvalue weighted by atomic mass is 10.0. The molecule has 0 aliphatic rings. The van der Waals surface area contributed by atoms with Crippen LogP contribution in [0.4, 0.5) is 0 Å². The average Bonchev–Trinajstić information content (AvgIpc) is 2.27. The van der Waals surface area contributed by atoms with Gasteiger partial charge in [0.15, 0.2) is 5.78 Å². The fourth-order valence-electron chi connectivity index (χ4n) is 1.70. The summed E-state index contributed by atoms with van der Waals surface area (Å²) in [5.41, 5.74) is 1.17. The molecule has 0 spiro atoms. The van der Waals surface area contributed by atoms with Gasteiger partial charge < -0.3 is 9.47 Å². The first-order valence-corrected chi connectivity index (χ1v) is 5.25. The van der Waals surface area contributed by atoms with Crippen molar-refractivity contribution < 1.29 is 19.1 Å². The molecular weight excluding hydrogens is 220 g/mol. The van der Waals surface area contributed by atoms with Crippen molar-refractivity contribution in [3.63, 3.8) is 0 Å². The molecule has 0 aliphatic heterocycles. The number of hydrogen-bond donors (Lipinski definition) is 0. The second-order valence-corrected chi connectivity index (χ2v) is 3.78. The van der Waals surface area contributed by atoms with Crippen LogP contribution in [0.3, 0.4) is 0 Å². The van der Waals surface area contributed by atoms with Gasteiger partial charge in [-0.15, -0.1) is 0 Å². The van der Waals surface area contributed by atoms with E-state index in [0.29, 0.717) is 17.1 Å². The van der Waals surface area contributed by atoms with Gasteiger partial charge in [-0.1, -0.05) is 0 Å². The highest BCUT2D eigenvalue weighted by Gasteiger charge is 2.17. The zero-order valence-corrected chi connectivity index (χ0v) is 10.5. The third kappa shape index (κ3) is 2.84. The van der Waals surface area contributed by atoms with E-state index in [1.165, 1.54) is 14.0 Å². The summed E-state index contributed by atoms with van der Waals surface area (Å²) in [6, 6.07) is 3.32. The van der Waals surface area contributed by atoms with Gasteiger partial charge in [0.2, 0.25) is 0 Å². The first-order chi connectivity index (χ1) is 8.01. The normalized spacial score (nSPS) is 9.88. The Morgan fingerprint density at radius 3 is 2.29 bits per heavy atom. The van der Waals surface area contributed by atoms with E-state index >= 15 is 0 Å². The van der Waals surface area contributed by atoms with Crippen LogP contribution in [0.25, 0.3) is 0 Å². The van der Waals surface area contributed by atoms with Crippen LogP contribution < -0.4 is 9.47 Å². The van der Waals surface area contributed by atoms with Crippen LogP contribution in [-0.4, -0.2) is 25.8 Å². The molecule has 1 aromatic carbocycles. The van der Waals surface area contributed by atoms with Gasteiger partial charge in [-0.25, -0.2) is 0 Å². The fraction of sp³-hybridized carbons (Fsp3) is 0.385. The summed E-state index contributed by atoms with van der Waals surface area (Å²) in [5, 5.41) is 0. The second kappa shape index (κ2) is 5.48. The quantitative estimate of drug-likeness (QED) is 0.580. The highest BCUT2D eigenvalue weighted by molar-refractivity contribution is 6.09. The number of carbonyl (C=O) groups excluding carboxylic acids is 2. The zero-order chi connectivity index (χ0) is 13.0. The van der Waals surface area contributed by atoms with Crippen molar-refractivity contribution in [1.82, 2.24) is 0 Å². The molecule has 0 saturated carbocycles. The summed E-state index contributed by atoms with van der Waals surface area (Å²) in [5.74, 6) is 0.724. The fourth-order valence-corrected chi connectivity index (χ4v) is 1.70. The number of hydrogen-bond acceptors (Lipinski definition) is 4. The average molecular weight is 236 g/mol. The van der Waals surface area contributed by atoms with E-state index in [-0.39, 0.29) is 18.0 Å². The van der Waals surface area contributed by atoms with Crippen LogP contribution in [0.2, 0.25) is 0 Å². The molecule has 0 atom stereocenters. The van der Waals surface area contributed by atoms with Crippen molar-refractivity contribution in [3.05, 3.63) is 23.3 Å². The van der Waals surface area contributed by atoms with Gasteiger partial charge in [0, 0.05) is 5.56 Å². The molecule has 0 fully saturated rings. The number of ether oxygens (including phenoxy) is 2. The molecule has 0 aromatic heterocycles. The number of benzene rings is 1. The van der Waals surface area contributed by atoms with Crippen molar-refractivity contribution in [2.45, 2.75) is 20.3 Å². The molecular formula is C13H16O4. The van der Waals surface area contributed by atoms with Crippen LogP contribution in [-0.2, 0) is 4.79 Å². The van der Waals surface area contributed by atoms with Crippen molar-refractivity contribution in [1.29, 1.82) is 0 Å². The third-order valence-electron chi connectivity index (χ3n) is 2.49. The van der Waals surface area contributed by atoms with E-state index in [9.17, 15) is 9.59 Å². The lowest BCUT2D eigenvalue weighted by molar-refractivity contribution is -0.116. The maximum absolute atomic E-state index is 11.8. The molecule has 0 bridgehead atoms. The van der Waals surface area contributed by atoms with Crippen LogP contribution >= 0.6 is 0 Å². The van der Waals surface area contributed by atoms with E-state index in [4.69, 9.17) is 9.47 Å². The molecule has 0 radical (unpaired) electrons. The monoisotopic (exact) mass is 236 g/mol. The highest BCUT2D eigenvalue weighted by atomic mass is 16.5. The first-order valence-electron chi connectivity index (χ1n) is 5.25. The van der Waals surface area contributed by atoms with Crippen LogP contribution in [0, 0.1) is 6.92 Å². The Balaban J connectivity index is 3.21. The molecule has 92 valence electrons. The number of ketones is 2. The summed E-state index contributed by atoms with van der Waals surface area (Å²) >= 11 is 0. The molecule has 0 aliphatic carbocycles. The van der Waals surface area contributed by atoms with Crippen LogP contribution in [0.1, 0.15) is 29.3 Å². The predicted octanol–water partition coefficient (Wildman–Crippen LogP) is 2.17. The summed E-state index contributed by atoms with van der Waals surface area (Å²) in [4.78, 5) is 22.8. The Kier molecular flexibility index (Phi) is 4.26. The smallest absolute Gasteiger partial charge is 0.173 e. The van der Waals surface area contributed by atoms with Gasteiger partial charge >= 0.3 is 0 Å². The maximum atomic E-state index is 11.8. The van der Waals surface area contributed by atoms with Gasteiger partial charge in [-0.3, -0.25) is 9.59 Å². The van der Waals surface area contributed by atoms with E-state index in [1.807, 2.05) is 6.92 Å². The number of Topliss-reactive ketones (excluding diaryl/α,β-unsaturated/α-hetero) is 2. The molecule has 0 amide bonds. The minimum absolute atomic E-state index is 0.109. The van der Waals surface area contributed by atoms with E-state index < -0.39 is 0 Å². The molecule has 0 N–H and O–H groups in total. The topological polar surface area (TPSA) is 52.6 Å². The van der Waals surface area contributed by atoms with E-state index in [1.54, 1.807) is 19.2 Å². The van der Waals surface area contributed by atoms with Crippen molar-refractivity contribution >= 4 is 11.6 Å². The van der Waals surface area contributed by atoms with E-state index in [2.05, 4.69) is 0 Å². The summed E-state index contributed by atoms with van der Waals surface area (Å²) in [6.07, 6.45) is -0.109. The molecule has 1 rings (SSSR count). The molecule has 4 heteroatoms. The number of carbonyl (C=O) groups is 2. The predicted molar refractivity (Wildman–Crippen MR) is 63.9 cm³/mol. The Morgan fingerprint density at radius 1 is 1.18 bits per heavy atom. The lowest BCUT2D eigenvalue weighted by Crippen LogP contribution is -2.08. The second-order valence-electron chi connectivity index (χ2n) is 3.78. The Morgan fingerprint density at radius 2 is 1.82 bits per heavy atom. The van der Waals surface area contributed by atoms with Crippen LogP contribution in [0.15, 0.2) is 12.1 Å². The summed E-state index contributed by atoms with van der Waals surface area (Å²) in [6.45, 7) is 3.20. The molecule has 0 heterocycles. The van der Waals surface area contributed by atoms with E-state index in [0.717, 1.165) is 5.56 Å². The minimum atomic E-state index is -0.236. The molecule has 1 aromatic rings. The van der Waals surface area contributed by atoms with Crippen molar-refractivity contribution in [3.8, 4) is 11.5 Å². The number of methoxy groups -OCH3 is 2. The summed E-state index contributed by atoms with van der Waals surface area (Å²) in [7, 11) is 3.05. The van der Waals surface area contributed by atoms with Gasteiger partial charge in [-0.05, 0) is 26.0 Å². The van der Waals surface area contributed by atoms with Gasteiger partial charge in [0.25, 0.3) is 0 Å². The standard InChI is InChI=1S/C13H16O4/c1-8(14)7-11(15)10-5-6-12(16-3)9(2)13(10)17-4/h5-6H,7H2,1-4H3. The molecule has 0 unspecified atom stereocenters. The van der Waals surface area contributed by atoms with Gasteiger partial charge in [-0.2, -0.15) is 0 Å². The lowest BCUT2D eigenvalue weighted by Gasteiger charge is -2.13. The number of rotatable bonds is 5. The van der Waals surface area contributed by atoms with Crippen LogP contribution in [0.5, 0.6) is 11.5 Å². The van der Waals surface area contributed by atoms with Gasteiger partial charge in [0.05, 0.1) is 26.2 Å². The Labute approximate surface area is 101 Å². The molecule has 4 nitrogen and oxygen atoms in total. The summed E-state index contributed by atoms with van der Waals surface area (Å²) < 4.78 is 10.4. The van der Waals surface area contributed by atoms with Crippen molar-refractivity contribution in [2.24, 2.45) is 0 Å². The first kappa shape index (κ1) is 13.2. The Hall–Kier alpha value is -1.84. The minimum Gasteiger partial charge on any atom is -0.496 e. The highest BCUT2D eigenvalue weighted by Crippen LogP contribution is 2.31. The third-order valence-corrected chi connectivity index (χ3v) is 2.49. The largest absolute Gasteiger partial charge is 0.496 e. The maximum Gasteiger partial charge on any atom is 0.173 e.